The number of ether oxygens (including phenoxy) is 3. The molecule has 2 aliphatic heterocycles. The Balaban J connectivity index is 1.39. The van der Waals surface area contributed by atoms with Crippen LogP contribution in [0.4, 0.5) is 28.2 Å². The minimum Gasteiger partial charge on any atom is -0.497 e. The topological polar surface area (TPSA) is 186 Å². The first-order valence-corrected chi connectivity index (χ1v) is 22.3. The lowest BCUT2D eigenvalue weighted by Gasteiger charge is -2.34. The largest absolute Gasteiger partial charge is 0.497 e. The number of fused-ring (bicyclic) bond motifs is 3. The van der Waals surface area contributed by atoms with Crippen LogP contribution in [0.25, 0.3) is 10.8 Å². The van der Waals surface area contributed by atoms with E-state index in [1.54, 1.807) is 31.2 Å². The molecule has 20 heteroatoms. The molecule has 0 radical (unpaired) electrons. The zero-order chi connectivity index (χ0) is 45.6. The number of rotatable bonds is 11. The summed E-state index contributed by atoms with van der Waals surface area (Å²) in [6.07, 6.45) is -2.55. The van der Waals surface area contributed by atoms with E-state index in [1.807, 2.05) is 42.7 Å². The van der Waals surface area contributed by atoms with Gasteiger partial charge < -0.3 is 34.6 Å². The Morgan fingerprint density at radius 3 is 2.45 bits per heavy atom. The van der Waals surface area contributed by atoms with Crippen LogP contribution in [0.3, 0.4) is 0 Å². The van der Waals surface area contributed by atoms with Gasteiger partial charge in [-0.1, -0.05) is 26.0 Å². The van der Waals surface area contributed by atoms with Gasteiger partial charge in [0.1, 0.15) is 46.7 Å². The van der Waals surface area contributed by atoms with E-state index in [-0.39, 0.29) is 44.0 Å². The van der Waals surface area contributed by atoms with Crippen molar-refractivity contribution in [2.24, 2.45) is 17.8 Å². The van der Waals surface area contributed by atoms with Crippen molar-refractivity contribution in [3.05, 3.63) is 36.4 Å². The Bertz CT molecular complexity index is 2200. The van der Waals surface area contributed by atoms with Crippen molar-refractivity contribution in [1.82, 2.24) is 25.2 Å². The van der Waals surface area contributed by atoms with Crippen LogP contribution >= 0.6 is 0 Å². The van der Waals surface area contributed by atoms with Crippen molar-refractivity contribution in [3.63, 3.8) is 0 Å². The molecule has 3 heterocycles. The smallest absolute Gasteiger partial charge is 0.427 e. The van der Waals surface area contributed by atoms with Crippen LogP contribution in [0.1, 0.15) is 79.6 Å². The monoisotopic (exact) mass is 896 g/mol. The molecule has 2 aromatic rings. The number of benzene rings is 1. The summed E-state index contributed by atoms with van der Waals surface area (Å²) < 4.78 is 98.9. The molecular formula is C42H56F4N6O9S. The van der Waals surface area contributed by atoms with Gasteiger partial charge in [0.2, 0.25) is 33.3 Å². The number of aromatic nitrogens is 1. The average Bonchev–Trinajstić information content (AvgIpc) is 4.11. The number of methoxy groups -OCH3 is 1. The number of nitrogens with one attached hydrogen (secondary N) is 3. The number of sulfonamides is 1. The van der Waals surface area contributed by atoms with E-state index < -0.39 is 92.6 Å². The maximum atomic E-state index is 14.9. The highest BCUT2D eigenvalue weighted by Gasteiger charge is 2.64. The number of halogens is 4. The maximum Gasteiger partial charge on any atom is 0.427 e. The normalized spacial score (nSPS) is 27.8. The summed E-state index contributed by atoms with van der Waals surface area (Å²) in [5.41, 5.74) is -4.69. The van der Waals surface area contributed by atoms with Crippen molar-refractivity contribution in [2.75, 3.05) is 38.8 Å². The summed E-state index contributed by atoms with van der Waals surface area (Å²) in [6.45, 7) is 6.01. The molecule has 3 N–H and O–H groups in total. The number of hydrogen-bond acceptors (Lipinski definition) is 11. The number of alkyl carbamates (subject to hydrolysis) is 1. The molecule has 1 aromatic heterocycles. The van der Waals surface area contributed by atoms with Gasteiger partial charge in [0.15, 0.2) is 0 Å². The third-order valence-electron chi connectivity index (χ3n) is 12.7. The number of nitrogens with zero attached hydrogens (tertiary/aromatic N) is 3. The van der Waals surface area contributed by atoms with Crippen molar-refractivity contribution in [1.29, 1.82) is 0 Å². The van der Waals surface area contributed by atoms with Gasteiger partial charge >= 0.3 is 12.3 Å². The summed E-state index contributed by atoms with van der Waals surface area (Å²) in [6, 6.07) is 4.25. The van der Waals surface area contributed by atoms with Crippen LogP contribution in [0, 0.1) is 17.8 Å². The predicted molar refractivity (Wildman–Crippen MR) is 221 cm³/mol. The summed E-state index contributed by atoms with van der Waals surface area (Å²) in [7, 11) is -1.11. The van der Waals surface area contributed by atoms with E-state index in [1.165, 1.54) is 7.11 Å². The molecule has 6 rings (SSSR count). The molecule has 342 valence electrons. The molecule has 2 aliphatic carbocycles. The fourth-order valence-corrected chi connectivity index (χ4v) is 9.55. The second-order valence-electron chi connectivity index (χ2n) is 17.7. The summed E-state index contributed by atoms with van der Waals surface area (Å²) in [4.78, 5) is 64.5. The molecule has 4 amide bonds. The van der Waals surface area contributed by atoms with Crippen LogP contribution in [0.5, 0.6) is 11.6 Å². The summed E-state index contributed by atoms with van der Waals surface area (Å²) in [5.74, 6) is -2.83. The molecule has 1 aromatic carbocycles. The fraction of sp³-hybridized carbons (Fsp3) is 0.643. The zero-order valence-corrected chi connectivity index (χ0v) is 36.8. The standard InChI is InChI=1S/C42H56F4N6O9S/c1-8-51(6)32-19-26-18-28(59-7)13-14-30(26)35(47-32)60-29-20-31-34(53)49-41(37(55)50-62(57,58)40(23-43)15-16-40)21-27(41)12-10-9-11-24(2)17-25(3)33(36(54)52(31)22-29)48-38(56)61-39(4,5)42(44,45)46/h10,12-14,18-19,24-25,27,29,31,33H,8-9,11,15-17,20-23H2,1-7H3,(H,48,56)(H,49,53)(H,50,55). The molecule has 0 spiro atoms. The third kappa shape index (κ3) is 9.39. The lowest BCUT2D eigenvalue weighted by Crippen LogP contribution is -2.60. The lowest BCUT2D eigenvalue weighted by atomic mass is 9.88. The Kier molecular flexibility index (Phi) is 13.0. The van der Waals surface area contributed by atoms with Gasteiger partial charge in [-0.3, -0.25) is 19.1 Å². The average molecular weight is 897 g/mol. The molecule has 2 saturated carbocycles. The Labute approximate surface area is 358 Å². The number of pyridine rings is 1. The van der Waals surface area contributed by atoms with Crippen molar-refractivity contribution < 1.29 is 59.4 Å². The van der Waals surface area contributed by atoms with Gasteiger partial charge in [-0.2, -0.15) is 18.2 Å². The first kappa shape index (κ1) is 46.6. The number of allylic oxidation sites excluding steroid dienone is 1. The molecular weight excluding hydrogens is 841 g/mol. The predicted octanol–water partition coefficient (Wildman–Crippen LogP) is 5.32. The molecule has 7 unspecified atom stereocenters. The molecule has 0 bridgehead atoms. The van der Waals surface area contributed by atoms with Gasteiger partial charge in [0.25, 0.3) is 5.91 Å². The first-order valence-electron chi connectivity index (χ1n) is 20.8. The van der Waals surface area contributed by atoms with Gasteiger partial charge in [-0.15, -0.1) is 0 Å². The van der Waals surface area contributed by atoms with E-state index in [0.29, 0.717) is 56.6 Å². The van der Waals surface area contributed by atoms with Gasteiger partial charge in [0, 0.05) is 31.3 Å². The summed E-state index contributed by atoms with van der Waals surface area (Å²) >= 11 is 0. The Morgan fingerprint density at radius 1 is 1.11 bits per heavy atom. The first-order chi connectivity index (χ1) is 29.0. The van der Waals surface area contributed by atoms with Crippen molar-refractivity contribution >= 4 is 50.4 Å². The van der Waals surface area contributed by atoms with E-state index >= 15 is 0 Å². The Morgan fingerprint density at radius 2 is 1.82 bits per heavy atom. The highest BCUT2D eigenvalue weighted by molar-refractivity contribution is 7.91. The molecule has 62 heavy (non-hydrogen) atoms. The van der Waals surface area contributed by atoms with Crippen LogP contribution in [0.2, 0.25) is 0 Å². The molecule has 1 saturated heterocycles. The molecule has 3 fully saturated rings. The van der Waals surface area contributed by atoms with E-state index in [9.17, 15) is 45.2 Å². The second-order valence-corrected chi connectivity index (χ2v) is 19.8. The summed E-state index contributed by atoms with van der Waals surface area (Å²) in [5, 5.41) is 6.42. The van der Waals surface area contributed by atoms with E-state index in [0.717, 1.165) is 10.3 Å². The van der Waals surface area contributed by atoms with Crippen LogP contribution in [-0.2, 0) is 29.1 Å². The minimum atomic E-state index is -4.94. The van der Waals surface area contributed by atoms with Gasteiger partial charge in [-0.25, -0.2) is 17.6 Å². The minimum absolute atomic E-state index is 0.00846. The highest BCUT2D eigenvalue weighted by Crippen LogP contribution is 2.48. The van der Waals surface area contributed by atoms with Crippen molar-refractivity contribution in [3.8, 4) is 11.6 Å². The number of carbonyl (C=O) groups excluding carboxylic acids is 4. The third-order valence-corrected chi connectivity index (χ3v) is 14.8. The van der Waals surface area contributed by atoms with Gasteiger partial charge in [0.05, 0.1) is 13.7 Å². The highest BCUT2D eigenvalue weighted by atomic mass is 32.2. The zero-order valence-electron chi connectivity index (χ0n) is 35.9. The second kappa shape index (κ2) is 17.4. The van der Waals surface area contributed by atoms with Crippen LogP contribution in [0.15, 0.2) is 36.4 Å². The molecule has 7 atom stereocenters. The lowest BCUT2D eigenvalue weighted by molar-refractivity contribution is -0.244. The molecule has 15 nitrogen and oxygen atoms in total. The quantitative estimate of drug-likeness (QED) is 0.196. The van der Waals surface area contributed by atoms with Crippen LogP contribution < -0.4 is 29.7 Å². The number of amides is 4. The van der Waals surface area contributed by atoms with E-state index in [4.69, 9.17) is 19.2 Å². The molecule has 4 aliphatic rings. The number of alkyl halides is 4. The number of anilines is 1. The Hall–Kier alpha value is -4.88. The van der Waals surface area contributed by atoms with E-state index in [2.05, 4.69) is 10.6 Å². The fourth-order valence-electron chi connectivity index (χ4n) is 8.12. The van der Waals surface area contributed by atoms with Gasteiger partial charge in [-0.05, 0) is 101 Å². The van der Waals surface area contributed by atoms with Crippen molar-refractivity contribution in [2.45, 2.75) is 120 Å². The SMILES string of the molecule is CCN(C)c1cc2cc(OC)ccc2c(OC2CC3C(=O)NC4(C(=O)NS(=O)(=O)C5(CF)CC5)CC4C=CCCC(C)CC(C)C(NC(=O)OC(C)(C)C(F)(F)F)C(=O)N3C2)n1. The number of carbonyl (C=O) groups is 4. The van der Waals surface area contributed by atoms with Crippen LogP contribution in [-0.4, -0.2) is 116 Å². The number of hydrogen-bond donors (Lipinski definition) is 3. The maximum absolute atomic E-state index is 14.9.